The molecule has 140 valence electrons. The Bertz CT molecular complexity index is 950. The maximum Gasteiger partial charge on any atom is 0.251 e. The van der Waals surface area contributed by atoms with Crippen LogP contribution >= 0.6 is 15.9 Å². The van der Waals surface area contributed by atoms with Gasteiger partial charge in [0, 0.05) is 41.6 Å². The SMILES string of the molecule is O=C(NCCN1CCOCC1)c1cccc(-n2ncc3ccc(Br)cc32)c1. The second-order valence-corrected chi connectivity index (χ2v) is 7.44. The predicted octanol–water partition coefficient (Wildman–Crippen LogP) is 2.85. The lowest BCUT2D eigenvalue weighted by Gasteiger charge is -2.26. The summed E-state index contributed by atoms with van der Waals surface area (Å²) in [6, 6.07) is 13.6. The molecule has 1 N–H and O–H groups in total. The second-order valence-electron chi connectivity index (χ2n) is 6.52. The molecular weight excluding hydrogens is 408 g/mol. The summed E-state index contributed by atoms with van der Waals surface area (Å²) in [5.74, 6) is -0.0669. The summed E-state index contributed by atoms with van der Waals surface area (Å²) in [7, 11) is 0. The molecule has 0 radical (unpaired) electrons. The van der Waals surface area contributed by atoms with E-state index in [1.54, 1.807) is 0 Å². The minimum absolute atomic E-state index is 0.0669. The van der Waals surface area contributed by atoms with Crippen LogP contribution in [0, 0.1) is 0 Å². The smallest absolute Gasteiger partial charge is 0.251 e. The van der Waals surface area contributed by atoms with Crippen LogP contribution in [0.3, 0.4) is 0 Å². The summed E-state index contributed by atoms with van der Waals surface area (Å²) >= 11 is 3.51. The minimum atomic E-state index is -0.0669. The normalized spacial score (nSPS) is 15.1. The highest BCUT2D eigenvalue weighted by molar-refractivity contribution is 9.10. The quantitative estimate of drug-likeness (QED) is 0.678. The molecule has 3 aromatic rings. The molecule has 1 aliphatic heterocycles. The zero-order chi connectivity index (χ0) is 18.6. The number of rotatable bonds is 5. The first-order valence-corrected chi connectivity index (χ1v) is 9.82. The van der Waals surface area contributed by atoms with Gasteiger partial charge in [-0.2, -0.15) is 5.10 Å². The van der Waals surface area contributed by atoms with E-state index in [9.17, 15) is 4.79 Å². The lowest BCUT2D eigenvalue weighted by Crippen LogP contribution is -2.41. The van der Waals surface area contributed by atoms with Crippen molar-refractivity contribution in [2.75, 3.05) is 39.4 Å². The molecule has 0 spiro atoms. The lowest BCUT2D eigenvalue weighted by atomic mass is 10.2. The number of benzene rings is 2. The predicted molar refractivity (Wildman–Crippen MR) is 108 cm³/mol. The van der Waals surface area contributed by atoms with Crippen molar-refractivity contribution in [1.82, 2.24) is 20.0 Å². The van der Waals surface area contributed by atoms with Gasteiger partial charge in [0.05, 0.1) is 30.6 Å². The number of ether oxygens (including phenoxy) is 1. The number of morpholine rings is 1. The minimum Gasteiger partial charge on any atom is -0.379 e. The number of hydrogen-bond donors (Lipinski definition) is 1. The molecule has 7 heteroatoms. The number of halogens is 1. The van der Waals surface area contributed by atoms with Crippen molar-refractivity contribution in [2.45, 2.75) is 0 Å². The Kier molecular flexibility index (Phi) is 5.52. The Balaban J connectivity index is 1.46. The monoisotopic (exact) mass is 428 g/mol. The van der Waals surface area contributed by atoms with Gasteiger partial charge >= 0.3 is 0 Å². The molecule has 1 amide bonds. The third-order valence-corrected chi connectivity index (χ3v) is 5.20. The third-order valence-electron chi connectivity index (χ3n) is 4.70. The van der Waals surface area contributed by atoms with Gasteiger partial charge in [0.1, 0.15) is 0 Å². The fraction of sp³-hybridized carbons (Fsp3) is 0.300. The van der Waals surface area contributed by atoms with E-state index in [-0.39, 0.29) is 5.91 Å². The number of carbonyl (C=O) groups is 1. The standard InChI is InChI=1S/C20H21BrN4O2/c21-17-5-4-16-14-23-25(19(16)13-17)18-3-1-2-15(12-18)20(26)22-6-7-24-8-10-27-11-9-24/h1-5,12-14H,6-11H2,(H,22,26). The number of fused-ring (bicyclic) bond motifs is 1. The van der Waals surface area contributed by atoms with Crippen LogP contribution in [-0.4, -0.2) is 60.0 Å². The summed E-state index contributed by atoms with van der Waals surface area (Å²) in [5, 5.41) is 8.54. The zero-order valence-electron chi connectivity index (χ0n) is 14.9. The number of nitrogens with one attached hydrogen (secondary N) is 1. The van der Waals surface area contributed by atoms with Crippen LogP contribution in [0.1, 0.15) is 10.4 Å². The molecule has 2 aromatic carbocycles. The fourth-order valence-corrected chi connectivity index (χ4v) is 3.58. The highest BCUT2D eigenvalue weighted by atomic mass is 79.9. The van der Waals surface area contributed by atoms with Gasteiger partial charge in [-0.1, -0.05) is 28.1 Å². The maximum absolute atomic E-state index is 12.5. The summed E-state index contributed by atoms with van der Waals surface area (Å²) < 4.78 is 8.19. The fourth-order valence-electron chi connectivity index (χ4n) is 3.23. The van der Waals surface area contributed by atoms with Gasteiger partial charge in [0.2, 0.25) is 0 Å². The van der Waals surface area contributed by atoms with Crippen molar-refractivity contribution in [2.24, 2.45) is 0 Å². The molecule has 6 nitrogen and oxygen atoms in total. The number of aromatic nitrogens is 2. The van der Waals surface area contributed by atoms with Crippen molar-refractivity contribution in [3.05, 3.63) is 58.7 Å². The van der Waals surface area contributed by atoms with E-state index in [2.05, 4.69) is 31.2 Å². The third kappa shape index (κ3) is 4.21. The molecular formula is C20H21BrN4O2. The first kappa shape index (κ1) is 18.2. The summed E-state index contributed by atoms with van der Waals surface area (Å²) in [5.41, 5.74) is 2.49. The molecule has 0 unspecified atom stereocenters. The molecule has 0 aliphatic carbocycles. The molecule has 1 aromatic heterocycles. The Labute approximate surface area is 166 Å². The van der Waals surface area contributed by atoms with E-state index in [4.69, 9.17) is 4.74 Å². The maximum atomic E-state index is 12.5. The molecule has 4 rings (SSSR count). The lowest BCUT2D eigenvalue weighted by molar-refractivity contribution is 0.0383. The van der Waals surface area contributed by atoms with Crippen LogP contribution in [0.2, 0.25) is 0 Å². The topological polar surface area (TPSA) is 59.4 Å². The molecule has 1 aliphatic rings. The van der Waals surface area contributed by atoms with Gasteiger partial charge in [-0.05, 0) is 30.3 Å². The average Bonchev–Trinajstić information content (AvgIpc) is 3.12. The molecule has 0 atom stereocenters. The number of amides is 1. The van der Waals surface area contributed by atoms with Crippen molar-refractivity contribution in [3.8, 4) is 5.69 Å². The van der Waals surface area contributed by atoms with Gasteiger partial charge < -0.3 is 10.1 Å². The Morgan fingerprint density at radius 2 is 2.04 bits per heavy atom. The van der Waals surface area contributed by atoms with Crippen LogP contribution in [0.25, 0.3) is 16.6 Å². The van der Waals surface area contributed by atoms with E-state index < -0.39 is 0 Å². The number of carbonyl (C=O) groups excluding carboxylic acids is 1. The van der Waals surface area contributed by atoms with Crippen LogP contribution < -0.4 is 5.32 Å². The van der Waals surface area contributed by atoms with Gasteiger partial charge in [0.25, 0.3) is 5.91 Å². The molecule has 1 saturated heterocycles. The van der Waals surface area contributed by atoms with E-state index in [1.807, 2.05) is 53.3 Å². The van der Waals surface area contributed by atoms with Crippen molar-refractivity contribution < 1.29 is 9.53 Å². The highest BCUT2D eigenvalue weighted by Crippen LogP contribution is 2.22. The van der Waals surface area contributed by atoms with E-state index in [0.29, 0.717) is 12.1 Å². The van der Waals surface area contributed by atoms with Crippen molar-refractivity contribution in [3.63, 3.8) is 0 Å². The highest BCUT2D eigenvalue weighted by Gasteiger charge is 2.12. The second kappa shape index (κ2) is 8.21. The number of nitrogens with zero attached hydrogens (tertiary/aromatic N) is 3. The van der Waals surface area contributed by atoms with Gasteiger partial charge in [0.15, 0.2) is 0 Å². The van der Waals surface area contributed by atoms with E-state index in [0.717, 1.165) is 53.9 Å². The Hall–Kier alpha value is -2.22. The van der Waals surface area contributed by atoms with Gasteiger partial charge in [-0.3, -0.25) is 9.69 Å². The zero-order valence-corrected chi connectivity index (χ0v) is 16.5. The van der Waals surface area contributed by atoms with Crippen LogP contribution in [0.4, 0.5) is 0 Å². The first-order valence-electron chi connectivity index (χ1n) is 9.03. The Morgan fingerprint density at radius 1 is 1.19 bits per heavy atom. The van der Waals surface area contributed by atoms with Crippen molar-refractivity contribution in [1.29, 1.82) is 0 Å². The Morgan fingerprint density at radius 3 is 2.89 bits per heavy atom. The van der Waals surface area contributed by atoms with E-state index in [1.165, 1.54) is 0 Å². The summed E-state index contributed by atoms with van der Waals surface area (Å²) in [6.45, 7) is 4.85. The average molecular weight is 429 g/mol. The van der Waals surface area contributed by atoms with Crippen LogP contribution in [0.5, 0.6) is 0 Å². The van der Waals surface area contributed by atoms with Crippen LogP contribution in [0.15, 0.2) is 53.1 Å². The molecule has 2 heterocycles. The molecule has 0 bridgehead atoms. The van der Waals surface area contributed by atoms with Gasteiger partial charge in [-0.15, -0.1) is 0 Å². The summed E-state index contributed by atoms with van der Waals surface area (Å²) in [4.78, 5) is 14.8. The molecule has 27 heavy (non-hydrogen) atoms. The van der Waals surface area contributed by atoms with Crippen LogP contribution in [-0.2, 0) is 4.74 Å². The van der Waals surface area contributed by atoms with Crippen molar-refractivity contribution >= 4 is 32.7 Å². The van der Waals surface area contributed by atoms with E-state index >= 15 is 0 Å². The molecule has 0 saturated carbocycles. The molecule has 1 fully saturated rings. The first-order chi connectivity index (χ1) is 13.2. The summed E-state index contributed by atoms with van der Waals surface area (Å²) in [6.07, 6.45) is 1.83. The largest absolute Gasteiger partial charge is 0.379 e. The van der Waals surface area contributed by atoms with Gasteiger partial charge in [-0.25, -0.2) is 4.68 Å². The number of hydrogen-bond acceptors (Lipinski definition) is 4.